The van der Waals surface area contributed by atoms with Crippen LogP contribution in [-0.2, 0) is 9.53 Å². The van der Waals surface area contributed by atoms with Crippen molar-refractivity contribution in [2.75, 3.05) is 19.7 Å². The molecule has 1 aromatic heterocycles. The van der Waals surface area contributed by atoms with Gasteiger partial charge < -0.3 is 14.1 Å². The minimum Gasteiger partial charge on any atom is -0.425 e. The molecule has 23 heavy (non-hydrogen) atoms. The summed E-state index contributed by atoms with van der Waals surface area (Å²) in [7, 11) is 0. The zero-order valence-electron chi connectivity index (χ0n) is 13.4. The van der Waals surface area contributed by atoms with Gasteiger partial charge in [-0.25, -0.2) is 0 Å². The van der Waals surface area contributed by atoms with Gasteiger partial charge in [0.15, 0.2) is 0 Å². The number of ether oxygens (including phenoxy) is 1. The smallest absolute Gasteiger partial charge is 0.224 e. The number of hydrogen-bond donors (Lipinski definition) is 0. The minimum absolute atomic E-state index is 0.0773. The van der Waals surface area contributed by atoms with E-state index in [4.69, 9.17) is 9.15 Å². The van der Waals surface area contributed by atoms with Gasteiger partial charge in [0.1, 0.15) is 0 Å². The summed E-state index contributed by atoms with van der Waals surface area (Å²) in [6.07, 6.45) is 0.395. The van der Waals surface area contributed by atoms with E-state index in [-0.39, 0.29) is 17.9 Å². The van der Waals surface area contributed by atoms with E-state index >= 15 is 0 Å². The van der Waals surface area contributed by atoms with Gasteiger partial charge in [0, 0.05) is 26.4 Å². The Hall–Kier alpha value is -2.21. The Morgan fingerprint density at radius 1 is 1.35 bits per heavy atom. The van der Waals surface area contributed by atoms with Crippen LogP contribution in [0.15, 0.2) is 34.7 Å². The van der Waals surface area contributed by atoms with Gasteiger partial charge in [0.2, 0.25) is 17.7 Å². The lowest BCUT2D eigenvalue weighted by Gasteiger charge is -2.32. The summed E-state index contributed by atoms with van der Waals surface area (Å²) in [6.45, 7) is 5.58. The van der Waals surface area contributed by atoms with E-state index in [0.717, 1.165) is 5.56 Å². The molecule has 0 aliphatic carbocycles. The van der Waals surface area contributed by atoms with Gasteiger partial charge in [-0.15, -0.1) is 10.2 Å². The van der Waals surface area contributed by atoms with Crippen molar-refractivity contribution in [3.63, 3.8) is 0 Å². The average Bonchev–Trinajstić information content (AvgIpc) is 2.99. The largest absolute Gasteiger partial charge is 0.425 e. The number of amides is 1. The maximum absolute atomic E-state index is 12.7. The van der Waals surface area contributed by atoms with Crippen molar-refractivity contribution < 1.29 is 13.9 Å². The van der Waals surface area contributed by atoms with Crippen LogP contribution < -0.4 is 0 Å². The average molecular weight is 315 g/mol. The van der Waals surface area contributed by atoms with Crippen LogP contribution in [0.2, 0.25) is 0 Å². The summed E-state index contributed by atoms with van der Waals surface area (Å²) >= 11 is 0. The fourth-order valence-corrected chi connectivity index (χ4v) is 2.83. The molecular weight excluding hydrogens is 294 g/mol. The van der Waals surface area contributed by atoms with Crippen LogP contribution in [0.25, 0.3) is 0 Å². The predicted molar refractivity (Wildman–Crippen MR) is 83.9 cm³/mol. The Kier molecular flexibility index (Phi) is 4.71. The van der Waals surface area contributed by atoms with Crippen LogP contribution >= 0.6 is 0 Å². The van der Waals surface area contributed by atoms with Crippen LogP contribution in [0, 0.1) is 6.92 Å². The molecule has 2 aromatic rings. The molecule has 122 valence electrons. The highest BCUT2D eigenvalue weighted by Crippen LogP contribution is 2.28. The fourth-order valence-electron chi connectivity index (χ4n) is 2.83. The van der Waals surface area contributed by atoms with Crippen LogP contribution in [0.5, 0.6) is 0 Å². The molecule has 1 saturated heterocycles. The maximum Gasteiger partial charge on any atom is 0.224 e. The van der Waals surface area contributed by atoms with Crippen molar-refractivity contribution in [1.29, 1.82) is 0 Å². The van der Waals surface area contributed by atoms with Crippen molar-refractivity contribution in [2.45, 2.75) is 32.3 Å². The highest BCUT2D eigenvalue weighted by Gasteiger charge is 2.28. The first-order valence-electron chi connectivity index (χ1n) is 7.88. The number of morpholine rings is 1. The van der Waals surface area contributed by atoms with Crippen LogP contribution in [0.3, 0.4) is 0 Å². The molecule has 1 amide bonds. The lowest BCUT2D eigenvalue weighted by molar-refractivity contribution is -0.138. The number of carbonyl (C=O) groups excluding carboxylic acids is 1. The Morgan fingerprint density at radius 3 is 2.78 bits per heavy atom. The molecule has 1 fully saturated rings. The van der Waals surface area contributed by atoms with Crippen molar-refractivity contribution in [2.24, 2.45) is 0 Å². The molecule has 6 nitrogen and oxygen atoms in total. The number of nitrogens with zero attached hydrogens (tertiary/aromatic N) is 3. The third-order valence-electron chi connectivity index (χ3n) is 4.01. The second kappa shape index (κ2) is 6.91. The second-order valence-electron chi connectivity index (χ2n) is 5.85. The Bertz CT molecular complexity index is 656. The highest BCUT2D eigenvalue weighted by molar-refractivity contribution is 5.77. The number of carbonyl (C=O) groups is 1. The van der Waals surface area contributed by atoms with Gasteiger partial charge in [-0.2, -0.15) is 0 Å². The van der Waals surface area contributed by atoms with E-state index in [1.54, 1.807) is 6.92 Å². The summed E-state index contributed by atoms with van der Waals surface area (Å²) < 4.78 is 11.1. The summed E-state index contributed by atoms with van der Waals surface area (Å²) in [5.74, 6) is 0.865. The van der Waals surface area contributed by atoms with Gasteiger partial charge >= 0.3 is 0 Å². The molecule has 6 heteroatoms. The molecule has 2 heterocycles. The van der Waals surface area contributed by atoms with Gasteiger partial charge in [0.05, 0.1) is 18.6 Å². The number of benzene rings is 1. The molecule has 3 rings (SSSR count). The molecule has 1 aromatic carbocycles. The maximum atomic E-state index is 12.7. The normalized spacial score (nSPS) is 19.6. The Morgan fingerprint density at radius 2 is 2.13 bits per heavy atom. The van der Waals surface area contributed by atoms with Gasteiger partial charge in [-0.3, -0.25) is 4.79 Å². The number of hydrogen-bond acceptors (Lipinski definition) is 5. The predicted octanol–water partition coefficient (Wildman–Crippen LogP) is 2.15. The fraction of sp³-hybridized carbons (Fsp3) is 0.471. The monoisotopic (exact) mass is 315 g/mol. The molecule has 0 saturated carbocycles. The second-order valence-corrected chi connectivity index (χ2v) is 5.85. The first kappa shape index (κ1) is 15.7. The van der Waals surface area contributed by atoms with Crippen LogP contribution in [-0.4, -0.2) is 46.8 Å². The van der Waals surface area contributed by atoms with Crippen molar-refractivity contribution >= 4 is 5.91 Å². The van der Waals surface area contributed by atoms with Crippen LogP contribution in [0.4, 0.5) is 0 Å². The highest BCUT2D eigenvalue weighted by atomic mass is 16.5. The summed E-state index contributed by atoms with van der Waals surface area (Å²) in [4.78, 5) is 14.5. The van der Waals surface area contributed by atoms with E-state index in [1.165, 1.54) is 0 Å². The molecule has 0 spiro atoms. The van der Waals surface area contributed by atoms with E-state index in [2.05, 4.69) is 10.2 Å². The van der Waals surface area contributed by atoms with E-state index in [1.807, 2.05) is 42.2 Å². The number of aromatic nitrogens is 2. The first-order chi connectivity index (χ1) is 11.1. The van der Waals surface area contributed by atoms with E-state index in [0.29, 0.717) is 37.9 Å². The lowest BCUT2D eigenvalue weighted by atomic mass is 9.95. The molecule has 2 atom stereocenters. The van der Waals surface area contributed by atoms with Crippen molar-refractivity contribution in [3.05, 3.63) is 47.7 Å². The van der Waals surface area contributed by atoms with Crippen molar-refractivity contribution in [3.8, 4) is 0 Å². The zero-order chi connectivity index (χ0) is 16.2. The number of aryl methyl sites for hydroxylation is 1. The van der Waals surface area contributed by atoms with Crippen molar-refractivity contribution in [1.82, 2.24) is 15.1 Å². The molecule has 1 aliphatic heterocycles. The van der Waals surface area contributed by atoms with E-state index < -0.39 is 0 Å². The SMILES string of the molecule is Cc1nnc(C(CC(=O)N2CCOC(C)C2)c2ccccc2)o1. The molecule has 1 aliphatic rings. The van der Waals surface area contributed by atoms with Gasteiger partial charge in [-0.05, 0) is 12.5 Å². The Balaban J connectivity index is 1.80. The molecule has 2 unspecified atom stereocenters. The minimum atomic E-state index is -0.219. The van der Waals surface area contributed by atoms with E-state index in [9.17, 15) is 4.79 Å². The molecular formula is C17H21N3O3. The lowest BCUT2D eigenvalue weighted by Crippen LogP contribution is -2.44. The summed E-state index contributed by atoms with van der Waals surface area (Å²) in [6, 6.07) is 9.82. The Labute approximate surface area is 135 Å². The standard InChI is InChI=1S/C17H21N3O3/c1-12-11-20(8-9-22-12)16(21)10-15(14-6-4-3-5-7-14)17-19-18-13(2)23-17/h3-7,12,15H,8-11H2,1-2H3. The molecule has 0 N–H and O–H groups in total. The molecule has 0 radical (unpaired) electrons. The van der Waals surface area contributed by atoms with Crippen LogP contribution in [0.1, 0.15) is 36.6 Å². The topological polar surface area (TPSA) is 68.5 Å². The third-order valence-corrected chi connectivity index (χ3v) is 4.01. The van der Waals surface area contributed by atoms with Gasteiger partial charge in [-0.1, -0.05) is 30.3 Å². The third kappa shape index (κ3) is 3.76. The van der Waals surface area contributed by atoms with Gasteiger partial charge in [0.25, 0.3) is 0 Å². The number of rotatable bonds is 4. The molecule has 0 bridgehead atoms. The zero-order valence-corrected chi connectivity index (χ0v) is 13.4. The summed E-state index contributed by atoms with van der Waals surface area (Å²) in [5.41, 5.74) is 1.01. The quantitative estimate of drug-likeness (QED) is 0.864. The summed E-state index contributed by atoms with van der Waals surface area (Å²) in [5, 5.41) is 8.03. The first-order valence-corrected chi connectivity index (χ1v) is 7.88.